The Hall–Kier alpha value is -1.39. The molecular weight excluding hydrogens is 268 g/mol. The van der Waals surface area contributed by atoms with E-state index in [1.165, 1.54) is 17.8 Å². The van der Waals surface area contributed by atoms with Gasteiger partial charge in [-0.3, -0.25) is 0 Å². The number of ether oxygens (including phenoxy) is 1. The van der Waals surface area contributed by atoms with Crippen molar-refractivity contribution in [3.63, 3.8) is 0 Å². The van der Waals surface area contributed by atoms with E-state index in [0.717, 1.165) is 36.0 Å². The Morgan fingerprint density at radius 1 is 1.30 bits per heavy atom. The quantitative estimate of drug-likeness (QED) is 0.846. The minimum Gasteiger partial charge on any atom is -0.494 e. The first-order valence-electron chi connectivity index (χ1n) is 7.26. The minimum absolute atomic E-state index is 0.703. The van der Waals surface area contributed by atoms with Gasteiger partial charge in [-0.1, -0.05) is 0 Å². The van der Waals surface area contributed by atoms with Crippen LogP contribution >= 0.6 is 11.3 Å². The van der Waals surface area contributed by atoms with Crippen molar-refractivity contribution >= 4 is 11.3 Å². The van der Waals surface area contributed by atoms with Gasteiger partial charge >= 0.3 is 0 Å². The van der Waals surface area contributed by atoms with Gasteiger partial charge in [0.15, 0.2) is 0 Å². The van der Waals surface area contributed by atoms with E-state index in [0.29, 0.717) is 6.61 Å². The van der Waals surface area contributed by atoms with E-state index in [2.05, 4.69) is 22.8 Å². The maximum atomic E-state index is 5.46. The summed E-state index contributed by atoms with van der Waals surface area (Å²) in [5.41, 5.74) is 2.23. The van der Waals surface area contributed by atoms with Gasteiger partial charge in [0.05, 0.1) is 17.3 Å². The summed E-state index contributed by atoms with van der Waals surface area (Å²) in [6.45, 7) is 3.74. The largest absolute Gasteiger partial charge is 0.494 e. The second-order valence-electron chi connectivity index (χ2n) is 5.06. The molecular formula is C16H20N2OS. The van der Waals surface area contributed by atoms with Gasteiger partial charge in [0.25, 0.3) is 0 Å². The highest BCUT2D eigenvalue weighted by Gasteiger charge is 2.19. The summed E-state index contributed by atoms with van der Waals surface area (Å²) in [5, 5.41) is 6.88. The lowest BCUT2D eigenvalue weighted by Gasteiger charge is -2.03. The number of nitrogens with zero attached hydrogens (tertiary/aromatic N) is 1. The van der Waals surface area contributed by atoms with Crippen molar-refractivity contribution in [1.82, 2.24) is 10.3 Å². The zero-order chi connectivity index (χ0) is 13.8. The molecule has 0 atom stereocenters. The van der Waals surface area contributed by atoms with E-state index in [1.807, 2.05) is 19.1 Å². The summed E-state index contributed by atoms with van der Waals surface area (Å²) in [7, 11) is 0. The van der Waals surface area contributed by atoms with Gasteiger partial charge in [0.1, 0.15) is 5.75 Å². The van der Waals surface area contributed by atoms with Crippen molar-refractivity contribution < 1.29 is 4.74 Å². The molecule has 0 bridgehead atoms. The Morgan fingerprint density at radius 2 is 2.10 bits per heavy atom. The van der Waals surface area contributed by atoms with Gasteiger partial charge in [0, 0.05) is 30.0 Å². The number of rotatable bonds is 7. The number of hydrogen-bond acceptors (Lipinski definition) is 4. The monoisotopic (exact) mass is 288 g/mol. The van der Waals surface area contributed by atoms with Crippen LogP contribution in [-0.2, 0) is 6.42 Å². The average molecular weight is 288 g/mol. The summed E-state index contributed by atoms with van der Waals surface area (Å²) in [5.74, 6) is 0.917. The van der Waals surface area contributed by atoms with Gasteiger partial charge in [-0.2, -0.15) is 0 Å². The summed E-state index contributed by atoms with van der Waals surface area (Å²) in [6, 6.07) is 8.94. The third-order valence-corrected chi connectivity index (χ3v) is 4.27. The molecule has 1 fully saturated rings. The van der Waals surface area contributed by atoms with Crippen LogP contribution < -0.4 is 10.1 Å². The van der Waals surface area contributed by atoms with E-state index in [9.17, 15) is 0 Å². The molecule has 3 nitrogen and oxygen atoms in total. The van der Waals surface area contributed by atoms with E-state index in [-0.39, 0.29) is 0 Å². The van der Waals surface area contributed by atoms with Gasteiger partial charge < -0.3 is 10.1 Å². The second kappa shape index (κ2) is 6.37. The molecule has 0 aliphatic heterocycles. The van der Waals surface area contributed by atoms with E-state index in [1.54, 1.807) is 11.3 Å². The molecule has 1 aliphatic carbocycles. The maximum absolute atomic E-state index is 5.46. The molecule has 0 amide bonds. The zero-order valence-corrected chi connectivity index (χ0v) is 12.6. The van der Waals surface area contributed by atoms with Crippen molar-refractivity contribution in [3.05, 3.63) is 34.7 Å². The van der Waals surface area contributed by atoms with E-state index < -0.39 is 0 Å². The van der Waals surface area contributed by atoms with E-state index in [4.69, 9.17) is 9.72 Å². The molecule has 0 unspecified atom stereocenters. The smallest absolute Gasteiger partial charge is 0.119 e. The van der Waals surface area contributed by atoms with Crippen molar-refractivity contribution in [1.29, 1.82) is 0 Å². The van der Waals surface area contributed by atoms with Crippen LogP contribution in [0.15, 0.2) is 29.6 Å². The third kappa shape index (κ3) is 3.58. The summed E-state index contributed by atoms with van der Waals surface area (Å²) in [6.07, 6.45) is 3.71. The summed E-state index contributed by atoms with van der Waals surface area (Å²) >= 11 is 1.75. The third-order valence-electron chi connectivity index (χ3n) is 3.36. The molecule has 1 aliphatic rings. The van der Waals surface area contributed by atoms with Crippen molar-refractivity contribution in [2.75, 3.05) is 13.2 Å². The Bertz CT molecular complexity index is 546. The van der Waals surface area contributed by atoms with Crippen molar-refractivity contribution in [2.24, 2.45) is 0 Å². The van der Waals surface area contributed by atoms with Gasteiger partial charge in [-0.15, -0.1) is 11.3 Å². The minimum atomic E-state index is 0.703. The molecule has 1 saturated carbocycles. The maximum Gasteiger partial charge on any atom is 0.119 e. The summed E-state index contributed by atoms with van der Waals surface area (Å²) < 4.78 is 5.46. The molecule has 1 aromatic heterocycles. The summed E-state index contributed by atoms with van der Waals surface area (Å²) in [4.78, 5) is 4.71. The molecule has 1 heterocycles. The highest BCUT2D eigenvalue weighted by Crippen LogP contribution is 2.24. The molecule has 1 aromatic carbocycles. The fourth-order valence-electron chi connectivity index (χ4n) is 2.12. The van der Waals surface area contributed by atoms with Crippen LogP contribution in [0.1, 0.15) is 24.8 Å². The first-order chi connectivity index (χ1) is 9.85. The number of aromatic nitrogens is 1. The molecule has 20 heavy (non-hydrogen) atoms. The molecule has 0 radical (unpaired) electrons. The Morgan fingerprint density at radius 3 is 2.80 bits per heavy atom. The van der Waals surface area contributed by atoms with Crippen LogP contribution in [-0.4, -0.2) is 24.2 Å². The number of hydrogen-bond donors (Lipinski definition) is 1. The van der Waals surface area contributed by atoms with Crippen molar-refractivity contribution in [3.8, 4) is 17.0 Å². The highest BCUT2D eigenvalue weighted by atomic mass is 32.1. The molecule has 3 rings (SSSR count). The highest BCUT2D eigenvalue weighted by molar-refractivity contribution is 7.09. The fourth-order valence-corrected chi connectivity index (χ4v) is 2.92. The fraction of sp³-hybridized carbons (Fsp3) is 0.438. The standard InChI is InChI=1S/C16H20N2OS/c1-2-19-14-7-3-12(4-8-14)15-11-20-16(18-15)9-10-17-13-5-6-13/h3-4,7-8,11,13,17H,2,5-6,9-10H2,1H3. The van der Waals surface area contributed by atoms with Crippen LogP contribution in [0, 0.1) is 0 Å². The molecule has 0 saturated heterocycles. The number of nitrogens with one attached hydrogen (secondary N) is 1. The van der Waals surface area contributed by atoms with Gasteiger partial charge in [-0.25, -0.2) is 4.98 Å². The number of thiazole rings is 1. The first-order valence-corrected chi connectivity index (χ1v) is 8.14. The Balaban J connectivity index is 1.59. The lowest BCUT2D eigenvalue weighted by atomic mass is 10.2. The molecule has 0 spiro atoms. The topological polar surface area (TPSA) is 34.1 Å². The first kappa shape index (κ1) is 13.6. The van der Waals surface area contributed by atoms with Crippen LogP contribution in [0.4, 0.5) is 0 Å². The van der Waals surface area contributed by atoms with Gasteiger partial charge in [0.2, 0.25) is 0 Å². The van der Waals surface area contributed by atoms with Crippen LogP contribution in [0.2, 0.25) is 0 Å². The van der Waals surface area contributed by atoms with Crippen molar-refractivity contribution in [2.45, 2.75) is 32.2 Å². The second-order valence-corrected chi connectivity index (χ2v) is 6.00. The number of benzene rings is 1. The zero-order valence-electron chi connectivity index (χ0n) is 11.8. The lowest BCUT2D eigenvalue weighted by Crippen LogP contribution is -2.19. The average Bonchev–Trinajstić information content (AvgIpc) is 3.17. The lowest BCUT2D eigenvalue weighted by molar-refractivity contribution is 0.340. The predicted octanol–water partition coefficient (Wildman–Crippen LogP) is 3.50. The van der Waals surface area contributed by atoms with E-state index >= 15 is 0 Å². The van der Waals surface area contributed by atoms with Crippen LogP contribution in [0.5, 0.6) is 5.75 Å². The normalized spacial score (nSPS) is 14.4. The molecule has 106 valence electrons. The van der Waals surface area contributed by atoms with Crippen LogP contribution in [0.25, 0.3) is 11.3 Å². The molecule has 4 heteroatoms. The molecule has 1 N–H and O–H groups in total. The Labute approximate surface area is 124 Å². The van der Waals surface area contributed by atoms with Crippen LogP contribution in [0.3, 0.4) is 0 Å². The Kier molecular flexibility index (Phi) is 4.33. The SMILES string of the molecule is CCOc1ccc(-c2csc(CCNC3CC3)n2)cc1. The predicted molar refractivity (Wildman–Crippen MR) is 83.4 cm³/mol. The van der Waals surface area contributed by atoms with Gasteiger partial charge in [-0.05, 0) is 44.0 Å². The molecule has 2 aromatic rings.